The number of carbonyl (C=O) groups is 2. The van der Waals surface area contributed by atoms with Crippen LogP contribution in [0, 0.1) is 0 Å². The molecule has 33 heavy (non-hydrogen) atoms. The summed E-state index contributed by atoms with van der Waals surface area (Å²) in [4.78, 5) is 29.3. The number of hydrogen-bond donors (Lipinski definition) is 1. The number of rotatable bonds is 7. The van der Waals surface area contributed by atoms with Crippen LogP contribution in [-0.4, -0.2) is 18.9 Å². The van der Waals surface area contributed by atoms with Gasteiger partial charge in [0, 0.05) is 21.7 Å². The number of carbonyl (C=O) groups excluding carboxylic acids is 2. The predicted octanol–water partition coefficient (Wildman–Crippen LogP) is 6.46. The molecule has 0 atom stereocenters. The predicted molar refractivity (Wildman–Crippen MR) is 134 cm³/mol. The van der Waals surface area contributed by atoms with E-state index < -0.39 is 5.91 Å². The summed E-state index contributed by atoms with van der Waals surface area (Å²) in [7, 11) is 1.58. The standard InChI is InChI=1S/C26H23ClN2O3S/c1-16(2)17-7-11-20(12-8-17)29-25(30)23(28-19-5-4-6-21(15-19)32-3)24(26(29)31)33-22-13-9-18(27)10-14-22/h4-16,28H,1-3H3. The number of benzene rings is 3. The maximum Gasteiger partial charge on any atom is 0.283 e. The van der Waals surface area contributed by atoms with Gasteiger partial charge in [-0.25, -0.2) is 4.90 Å². The maximum absolute atomic E-state index is 13.5. The smallest absolute Gasteiger partial charge is 0.283 e. The molecule has 7 heteroatoms. The number of imide groups is 1. The first-order chi connectivity index (χ1) is 15.9. The Hall–Kier alpha value is -3.22. The molecule has 5 nitrogen and oxygen atoms in total. The molecule has 1 aliphatic heterocycles. The van der Waals surface area contributed by atoms with E-state index in [0.717, 1.165) is 10.5 Å². The van der Waals surface area contributed by atoms with Crippen molar-refractivity contribution in [3.63, 3.8) is 0 Å². The molecule has 3 aromatic carbocycles. The van der Waals surface area contributed by atoms with Gasteiger partial charge in [0.25, 0.3) is 11.8 Å². The molecule has 0 aromatic heterocycles. The average molecular weight is 479 g/mol. The fourth-order valence-electron chi connectivity index (χ4n) is 3.42. The fourth-order valence-corrected chi connectivity index (χ4v) is 4.48. The van der Waals surface area contributed by atoms with Gasteiger partial charge >= 0.3 is 0 Å². The number of halogens is 1. The molecule has 0 aliphatic carbocycles. The highest BCUT2D eigenvalue weighted by atomic mass is 35.5. The van der Waals surface area contributed by atoms with Crippen LogP contribution >= 0.6 is 23.4 Å². The van der Waals surface area contributed by atoms with Gasteiger partial charge in [0.2, 0.25) is 0 Å². The van der Waals surface area contributed by atoms with Gasteiger partial charge in [-0.2, -0.15) is 0 Å². The largest absolute Gasteiger partial charge is 0.497 e. The third-order valence-electron chi connectivity index (χ3n) is 5.23. The van der Waals surface area contributed by atoms with Crippen molar-refractivity contribution in [2.75, 3.05) is 17.3 Å². The highest BCUT2D eigenvalue weighted by molar-refractivity contribution is 8.04. The van der Waals surface area contributed by atoms with E-state index in [1.165, 1.54) is 16.7 Å². The van der Waals surface area contributed by atoms with Crippen LogP contribution in [0.4, 0.5) is 11.4 Å². The molecule has 0 saturated carbocycles. The van der Waals surface area contributed by atoms with E-state index in [1.807, 2.05) is 54.6 Å². The molecular weight excluding hydrogens is 456 g/mol. The van der Waals surface area contributed by atoms with Gasteiger partial charge in [-0.05, 0) is 60.0 Å². The molecule has 1 N–H and O–H groups in total. The lowest BCUT2D eigenvalue weighted by Crippen LogP contribution is -2.32. The van der Waals surface area contributed by atoms with Crippen LogP contribution in [0.1, 0.15) is 25.3 Å². The number of hydrogen-bond acceptors (Lipinski definition) is 5. The third kappa shape index (κ3) is 4.92. The monoisotopic (exact) mass is 478 g/mol. The van der Waals surface area contributed by atoms with Crippen LogP contribution in [-0.2, 0) is 9.59 Å². The van der Waals surface area contributed by atoms with Crippen LogP contribution in [0.15, 0.2) is 88.3 Å². The Kier molecular flexibility index (Phi) is 6.77. The van der Waals surface area contributed by atoms with Gasteiger partial charge in [0.15, 0.2) is 0 Å². The van der Waals surface area contributed by atoms with E-state index in [4.69, 9.17) is 16.3 Å². The van der Waals surface area contributed by atoms with Crippen LogP contribution in [0.25, 0.3) is 0 Å². The highest BCUT2D eigenvalue weighted by Gasteiger charge is 2.40. The minimum absolute atomic E-state index is 0.223. The lowest BCUT2D eigenvalue weighted by Gasteiger charge is -2.16. The first-order valence-corrected chi connectivity index (χ1v) is 11.6. The fraction of sp³-hybridized carbons (Fsp3) is 0.154. The van der Waals surface area contributed by atoms with Crippen LogP contribution in [0.3, 0.4) is 0 Å². The van der Waals surface area contributed by atoms with Gasteiger partial charge in [-0.3, -0.25) is 9.59 Å². The van der Waals surface area contributed by atoms with Crippen molar-refractivity contribution in [1.82, 2.24) is 0 Å². The molecule has 1 aliphatic rings. The van der Waals surface area contributed by atoms with E-state index in [1.54, 1.807) is 25.3 Å². The van der Waals surface area contributed by atoms with E-state index >= 15 is 0 Å². The topological polar surface area (TPSA) is 58.6 Å². The molecule has 0 radical (unpaired) electrons. The molecule has 168 valence electrons. The number of ether oxygens (including phenoxy) is 1. The minimum atomic E-state index is -0.406. The second-order valence-electron chi connectivity index (χ2n) is 7.81. The number of anilines is 2. The van der Waals surface area contributed by atoms with Gasteiger partial charge in [0.1, 0.15) is 16.4 Å². The lowest BCUT2D eigenvalue weighted by molar-refractivity contribution is -0.120. The summed E-state index contributed by atoms with van der Waals surface area (Å²) in [5.74, 6) is 0.216. The zero-order valence-corrected chi connectivity index (χ0v) is 20.0. The van der Waals surface area contributed by atoms with Gasteiger partial charge in [-0.15, -0.1) is 0 Å². The third-order valence-corrected chi connectivity index (χ3v) is 6.57. The Balaban J connectivity index is 1.72. The maximum atomic E-state index is 13.5. The van der Waals surface area contributed by atoms with E-state index in [-0.39, 0.29) is 11.6 Å². The van der Waals surface area contributed by atoms with E-state index in [2.05, 4.69) is 19.2 Å². The summed E-state index contributed by atoms with van der Waals surface area (Å²) in [5, 5.41) is 3.75. The summed E-state index contributed by atoms with van der Waals surface area (Å²) in [6.45, 7) is 4.19. The normalized spacial score (nSPS) is 13.8. The van der Waals surface area contributed by atoms with Crippen molar-refractivity contribution >= 4 is 46.6 Å². The molecule has 0 unspecified atom stereocenters. The Morgan fingerprint density at radius 3 is 2.27 bits per heavy atom. The van der Waals surface area contributed by atoms with Crippen molar-refractivity contribution in [3.8, 4) is 5.75 Å². The zero-order chi connectivity index (χ0) is 23.5. The SMILES string of the molecule is COc1cccc(NC2=C(Sc3ccc(Cl)cc3)C(=O)N(c3ccc(C(C)C)cc3)C2=O)c1. The number of amides is 2. The number of nitrogens with zero attached hydrogens (tertiary/aromatic N) is 1. The average Bonchev–Trinajstić information content (AvgIpc) is 3.04. The first-order valence-electron chi connectivity index (χ1n) is 10.4. The summed E-state index contributed by atoms with van der Waals surface area (Å²) >= 11 is 7.24. The minimum Gasteiger partial charge on any atom is -0.497 e. The Labute approximate surface area is 202 Å². The summed E-state index contributed by atoms with van der Waals surface area (Å²) in [6, 6.07) is 21.9. The van der Waals surface area contributed by atoms with Gasteiger partial charge < -0.3 is 10.1 Å². The molecule has 1 heterocycles. The van der Waals surface area contributed by atoms with Crippen LogP contribution in [0.5, 0.6) is 5.75 Å². The lowest BCUT2D eigenvalue weighted by atomic mass is 10.0. The first kappa shape index (κ1) is 23.0. The Morgan fingerprint density at radius 1 is 0.939 bits per heavy atom. The van der Waals surface area contributed by atoms with Crippen molar-refractivity contribution in [2.24, 2.45) is 0 Å². The molecule has 0 bridgehead atoms. The number of nitrogens with one attached hydrogen (secondary N) is 1. The summed E-state index contributed by atoms with van der Waals surface area (Å²) < 4.78 is 5.29. The zero-order valence-electron chi connectivity index (χ0n) is 18.5. The quantitative estimate of drug-likeness (QED) is 0.395. The molecular formula is C26H23ClN2O3S. The molecule has 0 saturated heterocycles. The van der Waals surface area contributed by atoms with Gasteiger partial charge in [-0.1, -0.05) is 55.4 Å². The summed E-state index contributed by atoms with van der Waals surface area (Å²) in [6.07, 6.45) is 0. The molecule has 0 spiro atoms. The number of thioether (sulfide) groups is 1. The van der Waals surface area contributed by atoms with Crippen LogP contribution < -0.4 is 15.0 Å². The van der Waals surface area contributed by atoms with Crippen molar-refractivity contribution in [3.05, 3.63) is 94.0 Å². The molecule has 4 rings (SSSR count). The second-order valence-corrected chi connectivity index (χ2v) is 9.33. The summed E-state index contributed by atoms with van der Waals surface area (Å²) in [5.41, 5.74) is 2.54. The Bertz CT molecular complexity index is 1220. The van der Waals surface area contributed by atoms with Crippen LogP contribution in [0.2, 0.25) is 5.02 Å². The van der Waals surface area contributed by atoms with Crippen molar-refractivity contribution in [1.29, 1.82) is 0 Å². The molecule has 0 fully saturated rings. The number of methoxy groups -OCH3 is 1. The van der Waals surface area contributed by atoms with E-state index in [0.29, 0.717) is 33.0 Å². The van der Waals surface area contributed by atoms with Gasteiger partial charge in [0.05, 0.1) is 12.8 Å². The Morgan fingerprint density at radius 2 is 1.64 bits per heavy atom. The van der Waals surface area contributed by atoms with E-state index in [9.17, 15) is 9.59 Å². The highest BCUT2D eigenvalue weighted by Crippen LogP contribution is 2.38. The second kappa shape index (κ2) is 9.73. The molecule has 2 amide bonds. The molecule has 3 aromatic rings. The van der Waals surface area contributed by atoms with Crippen molar-refractivity contribution < 1.29 is 14.3 Å². The van der Waals surface area contributed by atoms with Crippen molar-refractivity contribution in [2.45, 2.75) is 24.7 Å².